The normalized spacial score (nSPS) is 16.1. The van der Waals surface area contributed by atoms with E-state index in [0.717, 1.165) is 44.7 Å². The summed E-state index contributed by atoms with van der Waals surface area (Å²) in [7, 11) is 2.20. The van der Waals surface area contributed by atoms with Crippen LogP contribution in [0.5, 0.6) is 0 Å². The minimum Gasteiger partial charge on any atom is -0.304 e. The van der Waals surface area contributed by atoms with Crippen LogP contribution in [0.15, 0.2) is 0 Å². The van der Waals surface area contributed by atoms with Gasteiger partial charge in [-0.15, -0.1) is 0 Å². The highest BCUT2D eigenvalue weighted by Gasteiger charge is 2.26. The summed E-state index contributed by atoms with van der Waals surface area (Å²) in [5, 5.41) is 12.9. The predicted octanol–water partition coefficient (Wildman–Crippen LogP) is 3.80. The second-order valence-electron chi connectivity index (χ2n) is 6.54. The van der Waals surface area contributed by atoms with Gasteiger partial charge in [0.2, 0.25) is 0 Å². The molecule has 3 nitrogen and oxygen atoms in total. The third-order valence-electron chi connectivity index (χ3n) is 4.21. The van der Waals surface area contributed by atoms with E-state index in [2.05, 4.69) is 58.0 Å². The molecule has 3 heteroatoms. The van der Waals surface area contributed by atoms with Gasteiger partial charge in [0.25, 0.3) is 0 Å². The largest absolute Gasteiger partial charge is 0.304 e. The lowest BCUT2D eigenvalue weighted by Crippen LogP contribution is -2.44. The van der Waals surface area contributed by atoms with Crippen LogP contribution in [0.4, 0.5) is 0 Å². The first-order valence-corrected chi connectivity index (χ1v) is 8.27. The van der Waals surface area contributed by atoms with Crippen molar-refractivity contribution in [2.45, 2.75) is 78.3 Å². The summed E-state index contributed by atoms with van der Waals surface area (Å²) in [6.07, 6.45) is 5.22. The molecule has 0 aromatic heterocycles. The zero-order chi connectivity index (χ0) is 15.6. The highest BCUT2D eigenvalue weighted by atomic mass is 15.1. The second kappa shape index (κ2) is 10.2. The zero-order valence-corrected chi connectivity index (χ0v) is 14.5. The van der Waals surface area contributed by atoms with Gasteiger partial charge in [-0.05, 0) is 65.1 Å². The number of rotatable bonds is 11. The number of nitrogens with zero attached hydrogens (tertiary/aromatic N) is 2. The van der Waals surface area contributed by atoms with Crippen molar-refractivity contribution in [1.29, 1.82) is 5.26 Å². The van der Waals surface area contributed by atoms with E-state index in [4.69, 9.17) is 0 Å². The zero-order valence-electron chi connectivity index (χ0n) is 14.5. The van der Waals surface area contributed by atoms with E-state index in [1.807, 2.05) is 0 Å². The van der Waals surface area contributed by atoms with Crippen LogP contribution in [0.1, 0.15) is 66.7 Å². The van der Waals surface area contributed by atoms with Gasteiger partial charge in [0.1, 0.15) is 5.54 Å². The van der Waals surface area contributed by atoms with Crippen LogP contribution >= 0.6 is 0 Å². The van der Waals surface area contributed by atoms with Crippen molar-refractivity contribution >= 4 is 0 Å². The first-order valence-electron chi connectivity index (χ1n) is 8.27. The first-order chi connectivity index (χ1) is 9.40. The average Bonchev–Trinajstić information content (AvgIpc) is 2.42. The molecule has 118 valence electrons. The van der Waals surface area contributed by atoms with Crippen LogP contribution in [0.3, 0.4) is 0 Å². The molecular weight excluding hydrogens is 246 g/mol. The maximum Gasteiger partial charge on any atom is 0.106 e. The summed E-state index contributed by atoms with van der Waals surface area (Å²) in [5.74, 6) is 0.743. The van der Waals surface area contributed by atoms with Crippen molar-refractivity contribution in [3.63, 3.8) is 0 Å². The predicted molar refractivity (Wildman–Crippen MR) is 87.7 cm³/mol. The third kappa shape index (κ3) is 7.26. The molecule has 0 radical (unpaired) electrons. The van der Waals surface area contributed by atoms with Gasteiger partial charge in [0.05, 0.1) is 6.07 Å². The van der Waals surface area contributed by atoms with Crippen LogP contribution in [0.25, 0.3) is 0 Å². The van der Waals surface area contributed by atoms with Gasteiger partial charge < -0.3 is 4.90 Å². The molecule has 0 spiro atoms. The van der Waals surface area contributed by atoms with E-state index < -0.39 is 0 Å². The Balaban J connectivity index is 4.20. The van der Waals surface area contributed by atoms with Crippen LogP contribution in [-0.2, 0) is 0 Å². The van der Waals surface area contributed by atoms with Crippen molar-refractivity contribution in [2.24, 2.45) is 5.92 Å². The van der Waals surface area contributed by atoms with E-state index in [1.165, 1.54) is 6.42 Å². The number of hydrogen-bond donors (Lipinski definition) is 1. The Morgan fingerprint density at radius 2 is 1.90 bits per heavy atom. The molecule has 0 aliphatic rings. The fourth-order valence-electron chi connectivity index (χ4n) is 2.64. The lowest BCUT2D eigenvalue weighted by atomic mass is 9.91. The maximum absolute atomic E-state index is 9.47. The molecule has 0 aromatic rings. The lowest BCUT2D eigenvalue weighted by molar-refractivity contribution is 0.216. The molecule has 0 rings (SSSR count). The van der Waals surface area contributed by atoms with E-state index in [-0.39, 0.29) is 5.54 Å². The Hall–Kier alpha value is -0.590. The molecule has 0 aliphatic heterocycles. The summed E-state index contributed by atoms with van der Waals surface area (Å²) in [5.41, 5.74) is -0.321. The molecule has 0 heterocycles. The van der Waals surface area contributed by atoms with Gasteiger partial charge in [-0.3, -0.25) is 5.32 Å². The van der Waals surface area contributed by atoms with Crippen LogP contribution in [0.2, 0.25) is 0 Å². The SMILES string of the molecule is CCCNC(C#N)(CC)CCCN(C)C(C)CC(C)C. The average molecular weight is 281 g/mol. The minimum absolute atomic E-state index is 0.321. The highest BCUT2D eigenvalue weighted by Crippen LogP contribution is 2.18. The van der Waals surface area contributed by atoms with Crippen molar-refractivity contribution in [1.82, 2.24) is 10.2 Å². The number of hydrogen-bond acceptors (Lipinski definition) is 3. The molecule has 20 heavy (non-hydrogen) atoms. The van der Waals surface area contributed by atoms with Crippen LogP contribution < -0.4 is 5.32 Å². The highest BCUT2D eigenvalue weighted by molar-refractivity contribution is 5.06. The Bertz CT molecular complexity index is 282. The molecule has 0 aliphatic carbocycles. The topological polar surface area (TPSA) is 39.1 Å². The summed E-state index contributed by atoms with van der Waals surface area (Å²) in [6, 6.07) is 3.13. The molecule has 0 amide bonds. The van der Waals surface area contributed by atoms with Gasteiger partial charge >= 0.3 is 0 Å². The molecule has 0 saturated heterocycles. The monoisotopic (exact) mass is 281 g/mol. The molecule has 0 bridgehead atoms. The van der Waals surface area contributed by atoms with Crippen molar-refractivity contribution in [3.8, 4) is 6.07 Å². The van der Waals surface area contributed by atoms with E-state index in [1.54, 1.807) is 0 Å². The molecule has 0 fully saturated rings. The Labute approximate surface area is 126 Å². The van der Waals surface area contributed by atoms with E-state index in [0.29, 0.717) is 6.04 Å². The molecule has 0 aromatic carbocycles. The Kier molecular flexibility index (Phi) is 9.88. The minimum atomic E-state index is -0.321. The smallest absolute Gasteiger partial charge is 0.106 e. The van der Waals surface area contributed by atoms with Gasteiger partial charge in [-0.25, -0.2) is 0 Å². The first kappa shape index (κ1) is 19.4. The second-order valence-corrected chi connectivity index (χ2v) is 6.54. The lowest BCUT2D eigenvalue weighted by Gasteiger charge is -2.30. The molecule has 0 saturated carbocycles. The van der Waals surface area contributed by atoms with Crippen molar-refractivity contribution in [2.75, 3.05) is 20.1 Å². The summed E-state index contributed by atoms with van der Waals surface area (Å²) < 4.78 is 0. The molecule has 2 unspecified atom stereocenters. The van der Waals surface area contributed by atoms with Crippen LogP contribution in [0, 0.1) is 17.2 Å². The molecular formula is C17H35N3. The quantitative estimate of drug-likeness (QED) is 0.626. The van der Waals surface area contributed by atoms with Gasteiger partial charge in [0, 0.05) is 6.04 Å². The maximum atomic E-state index is 9.47. The Morgan fingerprint density at radius 1 is 1.25 bits per heavy atom. The summed E-state index contributed by atoms with van der Waals surface area (Å²) in [6.45, 7) is 13.1. The summed E-state index contributed by atoms with van der Waals surface area (Å²) in [4.78, 5) is 2.43. The standard InChI is InChI=1S/C17H35N3/c1-7-11-19-17(8-2,14-18)10-9-12-20(6)16(5)13-15(3)4/h15-16,19H,7-13H2,1-6H3. The van der Waals surface area contributed by atoms with Crippen molar-refractivity contribution < 1.29 is 0 Å². The number of nitrogens with one attached hydrogen (secondary N) is 1. The molecule has 1 N–H and O–H groups in total. The van der Waals surface area contributed by atoms with Crippen molar-refractivity contribution in [3.05, 3.63) is 0 Å². The van der Waals surface area contributed by atoms with E-state index >= 15 is 0 Å². The van der Waals surface area contributed by atoms with Gasteiger partial charge in [-0.2, -0.15) is 5.26 Å². The fourth-order valence-corrected chi connectivity index (χ4v) is 2.64. The Morgan fingerprint density at radius 3 is 2.35 bits per heavy atom. The fraction of sp³-hybridized carbons (Fsp3) is 0.941. The van der Waals surface area contributed by atoms with E-state index in [9.17, 15) is 5.26 Å². The van der Waals surface area contributed by atoms with Crippen LogP contribution in [-0.4, -0.2) is 36.6 Å². The number of nitriles is 1. The molecule has 2 atom stereocenters. The summed E-state index contributed by atoms with van der Waals surface area (Å²) >= 11 is 0. The third-order valence-corrected chi connectivity index (χ3v) is 4.21. The van der Waals surface area contributed by atoms with Gasteiger partial charge in [-0.1, -0.05) is 27.7 Å². The van der Waals surface area contributed by atoms with Gasteiger partial charge in [0.15, 0.2) is 0 Å².